The number of carbonyl (C=O) groups is 3. The number of nitrogens with one attached hydrogen (secondary N) is 1. The molecule has 0 aromatic heterocycles. The molecule has 28 heavy (non-hydrogen) atoms. The zero-order valence-electron chi connectivity index (χ0n) is 15.8. The minimum Gasteiger partial charge on any atom is -0.496 e. The smallest absolute Gasteiger partial charge is 0.317 e. The number of carbonyl (C=O) groups excluding carboxylic acids is 3. The summed E-state index contributed by atoms with van der Waals surface area (Å²) in [6, 6.07) is 16.1. The standard InChI is InChI=1S/C22H23NO5/c1-27-18-12-6-5-11-17(18)20(25)23-19(24)15-28-21(26)22(13-7-8-14-22)16-9-3-2-4-10-16/h2-6,9-12H,7-8,13-15H2,1H3,(H,23,24,25). The summed E-state index contributed by atoms with van der Waals surface area (Å²) in [6.45, 7) is -0.506. The quantitative estimate of drug-likeness (QED) is 0.778. The maximum Gasteiger partial charge on any atom is 0.317 e. The monoisotopic (exact) mass is 381 g/mol. The Morgan fingerprint density at radius 3 is 2.29 bits per heavy atom. The average Bonchev–Trinajstić information content (AvgIpc) is 3.24. The van der Waals surface area contributed by atoms with Crippen molar-refractivity contribution in [2.45, 2.75) is 31.1 Å². The lowest BCUT2D eigenvalue weighted by Gasteiger charge is -2.27. The fourth-order valence-electron chi connectivity index (χ4n) is 3.68. The van der Waals surface area contributed by atoms with Gasteiger partial charge in [-0.05, 0) is 30.5 Å². The topological polar surface area (TPSA) is 81.7 Å². The zero-order valence-corrected chi connectivity index (χ0v) is 15.8. The molecule has 0 atom stereocenters. The number of imide groups is 1. The van der Waals surface area contributed by atoms with Crippen LogP contribution < -0.4 is 10.1 Å². The van der Waals surface area contributed by atoms with E-state index < -0.39 is 29.8 Å². The Bertz CT molecular complexity index is 856. The fraction of sp³-hybridized carbons (Fsp3) is 0.318. The summed E-state index contributed by atoms with van der Waals surface area (Å²) in [4.78, 5) is 37.2. The van der Waals surface area contributed by atoms with Crippen molar-refractivity contribution < 1.29 is 23.9 Å². The molecule has 1 N–H and O–H groups in total. The van der Waals surface area contributed by atoms with Gasteiger partial charge in [-0.25, -0.2) is 0 Å². The van der Waals surface area contributed by atoms with Gasteiger partial charge in [0.2, 0.25) is 0 Å². The van der Waals surface area contributed by atoms with Crippen molar-refractivity contribution in [1.29, 1.82) is 0 Å². The van der Waals surface area contributed by atoms with Gasteiger partial charge in [0, 0.05) is 0 Å². The third kappa shape index (κ3) is 4.06. The van der Waals surface area contributed by atoms with Crippen LogP contribution in [0, 0.1) is 0 Å². The van der Waals surface area contributed by atoms with E-state index in [2.05, 4.69) is 5.32 Å². The average molecular weight is 381 g/mol. The van der Waals surface area contributed by atoms with Crippen LogP contribution in [0.3, 0.4) is 0 Å². The predicted octanol–water partition coefficient (Wildman–Crippen LogP) is 3.01. The van der Waals surface area contributed by atoms with Gasteiger partial charge in [-0.3, -0.25) is 19.7 Å². The molecule has 0 bridgehead atoms. The molecule has 0 saturated heterocycles. The van der Waals surface area contributed by atoms with Crippen molar-refractivity contribution in [2.75, 3.05) is 13.7 Å². The van der Waals surface area contributed by atoms with Gasteiger partial charge < -0.3 is 9.47 Å². The molecule has 6 heteroatoms. The number of ether oxygens (including phenoxy) is 2. The predicted molar refractivity (Wildman–Crippen MR) is 103 cm³/mol. The maximum atomic E-state index is 12.8. The third-order valence-corrected chi connectivity index (χ3v) is 5.11. The second kappa shape index (κ2) is 8.69. The van der Waals surface area contributed by atoms with Crippen LogP contribution in [0.15, 0.2) is 54.6 Å². The van der Waals surface area contributed by atoms with Crippen LogP contribution in [-0.4, -0.2) is 31.5 Å². The first kappa shape index (κ1) is 19.6. The minimum absolute atomic E-state index is 0.237. The summed E-state index contributed by atoms with van der Waals surface area (Å²) >= 11 is 0. The number of benzene rings is 2. The zero-order chi connectivity index (χ0) is 20.0. The lowest BCUT2D eigenvalue weighted by molar-refractivity contribution is -0.154. The molecule has 2 aromatic rings. The van der Waals surface area contributed by atoms with Crippen LogP contribution in [0.5, 0.6) is 5.75 Å². The number of methoxy groups -OCH3 is 1. The SMILES string of the molecule is COc1ccccc1C(=O)NC(=O)COC(=O)C1(c2ccccc2)CCCC1. The largest absolute Gasteiger partial charge is 0.496 e. The van der Waals surface area contributed by atoms with E-state index in [-0.39, 0.29) is 5.56 Å². The third-order valence-electron chi connectivity index (χ3n) is 5.11. The lowest BCUT2D eigenvalue weighted by atomic mass is 9.79. The van der Waals surface area contributed by atoms with Crippen molar-refractivity contribution >= 4 is 17.8 Å². The molecule has 1 fully saturated rings. The molecule has 2 aromatic carbocycles. The van der Waals surface area contributed by atoms with Gasteiger partial charge in [0.25, 0.3) is 11.8 Å². The van der Waals surface area contributed by atoms with Gasteiger partial charge in [-0.15, -0.1) is 0 Å². The Hall–Kier alpha value is -3.15. The molecule has 1 aliphatic rings. The van der Waals surface area contributed by atoms with Gasteiger partial charge in [-0.2, -0.15) is 0 Å². The fourth-order valence-corrected chi connectivity index (χ4v) is 3.68. The highest BCUT2D eigenvalue weighted by Crippen LogP contribution is 2.42. The van der Waals surface area contributed by atoms with Crippen molar-refractivity contribution in [2.24, 2.45) is 0 Å². The molecule has 0 heterocycles. The highest BCUT2D eigenvalue weighted by molar-refractivity contribution is 6.06. The summed E-state index contributed by atoms with van der Waals surface area (Å²) in [6.07, 6.45) is 3.25. The van der Waals surface area contributed by atoms with Crippen LogP contribution in [0.25, 0.3) is 0 Å². The summed E-state index contributed by atoms with van der Waals surface area (Å²) in [5.74, 6) is -1.34. The number of para-hydroxylation sites is 1. The van der Waals surface area contributed by atoms with Crippen molar-refractivity contribution in [3.05, 3.63) is 65.7 Å². The van der Waals surface area contributed by atoms with E-state index in [0.717, 1.165) is 18.4 Å². The molecule has 1 saturated carbocycles. The van der Waals surface area contributed by atoms with Crippen LogP contribution in [0.2, 0.25) is 0 Å². The number of esters is 1. The summed E-state index contributed by atoms with van der Waals surface area (Å²) in [5, 5.41) is 2.23. The van der Waals surface area contributed by atoms with Gasteiger partial charge in [0.1, 0.15) is 5.75 Å². The number of hydrogen-bond donors (Lipinski definition) is 1. The van der Waals surface area contributed by atoms with E-state index in [0.29, 0.717) is 18.6 Å². The summed E-state index contributed by atoms with van der Waals surface area (Å²) < 4.78 is 10.4. The van der Waals surface area contributed by atoms with Gasteiger partial charge in [0.05, 0.1) is 18.1 Å². The Morgan fingerprint density at radius 2 is 1.61 bits per heavy atom. The number of amides is 2. The van der Waals surface area contributed by atoms with E-state index in [4.69, 9.17) is 9.47 Å². The number of rotatable bonds is 6. The molecular weight excluding hydrogens is 358 g/mol. The molecule has 2 amide bonds. The second-order valence-corrected chi connectivity index (χ2v) is 6.81. The van der Waals surface area contributed by atoms with Crippen LogP contribution in [0.4, 0.5) is 0 Å². The van der Waals surface area contributed by atoms with Gasteiger partial charge in [0.15, 0.2) is 6.61 Å². The van der Waals surface area contributed by atoms with E-state index >= 15 is 0 Å². The first-order chi connectivity index (χ1) is 13.6. The molecule has 6 nitrogen and oxygen atoms in total. The highest BCUT2D eigenvalue weighted by Gasteiger charge is 2.44. The molecule has 0 unspecified atom stereocenters. The second-order valence-electron chi connectivity index (χ2n) is 6.81. The van der Waals surface area contributed by atoms with Gasteiger partial charge in [-0.1, -0.05) is 55.3 Å². The molecule has 0 radical (unpaired) electrons. The van der Waals surface area contributed by atoms with Crippen LogP contribution in [-0.2, 0) is 19.7 Å². The molecule has 146 valence electrons. The first-order valence-corrected chi connectivity index (χ1v) is 9.27. The van der Waals surface area contributed by atoms with Gasteiger partial charge >= 0.3 is 5.97 Å². The van der Waals surface area contributed by atoms with E-state index in [1.54, 1.807) is 24.3 Å². The molecule has 0 spiro atoms. The van der Waals surface area contributed by atoms with Crippen molar-refractivity contribution in [1.82, 2.24) is 5.32 Å². The maximum absolute atomic E-state index is 12.8. The van der Waals surface area contributed by atoms with E-state index in [1.165, 1.54) is 7.11 Å². The normalized spacial score (nSPS) is 14.9. The van der Waals surface area contributed by atoms with E-state index in [1.807, 2.05) is 30.3 Å². The Balaban J connectivity index is 1.62. The molecule has 1 aliphatic carbocycles. The Morgan fingerprint density at radius 1 is 0.964 bits per heavy atom. The highest BCUT2D eigenvalue weighted by atomic mass is 16.5. The summed E-state index contributed by atoms with van der Waals surface area (Å²) in [5.41, 5.74) is 0.429. The molecule has 3 rings (SSSR count). The molecular formula is C22H23NO5. The Labute approximate surface area is 163 Å². The molecule has 0 aliphatic heterocycles. The summed E-state index contributed by atoms with van der Waals surface area (Å²) in [7, 11) is 1.44. The lowest BCUT2D eigenvalue weighted by Crippen LogP contribution is -2.39. The first-order valence-electron chi connectivity index (χ1n) is 9.27. The van der Waals surface area contributed by atoms with Crippen LogP contribution >= 0.6 is 0 Å². The minimum atomic E-state index is -0.714. The van der Waals surface area contributed by atoms with Crippen LogP contribution in [0.1, 0.15) is 41.6 Å². The van der Waals surface area contributed by atoms with Crippen molar-refractivity contribution in [3.63, 3.8) is 0 Å². The van der Waals surface area contributed by atoms with E-state index in [9.17, 15) is 14.4 Å². The Kier molecular flexibility index (Phi) is 6.09. The van der Waals surface area contributed by atoms with Crippen molar-refractivity contribution in [3.8, 4) is 5.75 Å². The number of hydrogen-bond acceptors (Lipinski definition) is 5.